The van der Waals surface area contributed by atoms with Crippen molar-refractivity contribution in [3.05, 3.63) is 12.7 Å². The van der Waals surface area contributed by atoms with Crippen LogP contribution in [0.1, 0.15) is 0 Å². The second kappa shape index (κ2) is 2.61. The smallest absolute Gasteiger partial charge is 0.355 e. The van der Waals surface area contributed by atoms with Crippen LogP contribution in [0, 0.1) is 0 Å². The van der Waals surface area contributed by atoms with E-state index in [2.05, 4.69) is 11.3 Å². The van der Waals surface area contributed by atoms with E-state index in [1.54, 1.807) is 0 Å². The summed E-state index contributed by atoms with van der Waals surface area (Å²) in [4.78, 5) is 10.2. The Kier molecular flexibility index (Phi) is 2.36. The molecule has 0 spiro atoms. The third-order valence-corrected chi connectivity index (χ3v) is 0.975. The Balaban J connectivity index is 4.27. The monoisotopic (exact) mass is 131 g/mol. The van der Waals surface area contributed by atoms with E-state index in [9.17, 15) is 4.79 Å². The fraction of sp³-hybridized carbons (Fsp3) is 0.400. The normalized spacial score (nSPS) is 16.2. The molecule has 9 heavy (non-hydrogen) atoms. The van der Waals surface area contributed by atoms with Crippen LogP contribution in [0.4, 0.5) is 0 Å². The zero-order valence-corrected chi connectivity index (χ0v) is 5.13. The van der Waals surface area contributed by atoms with Gasteiger partial charge in [0.05, 0.1) is 0 Å². The van der Waals surface area contributed by atoms with Crippen molar-refractivity contribution in [2.24, 2.45) is 5.73 Å². The van der Waals surface area contributed by atoms with Crippen molar-refractivity contribution >= 4 is 5.97 Å². The average molecular weight is 131 g/mol. The molecule has 52 valence electrons. The van der Waals surface area contributed by atoms with Crippen LogP contribution in [0.3, 0.4) is 0 Å². The molecular weight excluding hydrogens is 122 g/mol. The Labute approximate surface area is 52.9 Å². The van der Waals surface area contributed by atoms with E-state index in [0.29, 0.717) is 0 Å². The van der Waals surface area contributed by atoms with Crippen LogP contribution in [-0.2, 0) is 9.53 Å². The summed E-state index contributed by atoms with van der Waals surface area (Å²) in [6.45, 7) is 3.19. The Hall–Kier alpha value is -0.870. The predicted octanol–water partition coefficient (Wildman–Crippen LogP) is -0.442. The first kappa shape index (κ1) is 8.13. The van der Waals surface area contributed by atoms with Gasteiger partial charge in [0, 0.05) is 7.11 Å². The average Bonchev–Trinajstić information content (AvgIpc) is 1.86. The van der Waals surface area contributed by atoms with Gasteiger partial charge in [0.25, 0.3) is 0 Å². The summed E-state index contributed by atoms with van der Waals surface area (Å²) in [5, 5.41) is 8.31. The van der Waals surface area contributed by atoms with E-state index in [1.165, 1.54) is 7.11 Å². The fourth-order valence-electron chi connectivity index (χ4n) is 0.258. The molecule has 0 aromatic rings. The summed E-state index contributed by atoms with van der Waals surface area (Å²) < 4.78 is 4.41. The van der Waals surface area contributed by atoms with Gasteiger partial charge < -0.3 is 9.84 Å². The summed E-state index contributed by atoms with van der Waals surface area (Å²) in [6.07, 6.45) is 1.02. The van der Waals surface area contributed by atoms with Gasteiger partial charge in [-0.15, -0.1) is 0 Å². The standard InChI is InChI=1S/C5H9NO3/c1-3-5(6,9-2)4(7)8/h3H,1,6H2,2H3,(H,7,8). The van der Waals surface area contributed by atoms with E-state index in [-0.39, 0.29) is 0 Å². The minimum Gasteiger partial charge on any atom is -0.478 e. The first-order valence-corrected chi connectivity index (χ1v) is 2.28. The molecule has 0 aromatic carbocycles. The SMILES string of the molecule is C=CC(N)(OC)C(=O)O. The quantitative estimate of drug-likeness (QED) is 0.402. The molecule has 4 nitrogen and oxygen atoms in total. The number of nitrogens with two attached hydrogens (primary N) is 1. The summed E-state index contributed by atoms with van der Waals surface area (Å²) in [5.41, 5.74) is 3.36. The van der Waals surface area contributed by atoms with Gasteiger partial charge in [-0.05, 0) is 6.08 Å². The van der Waals surface area contributed by atoms with Crippen LogP contribution in [0.2, 0.25) is 0 Å². The summed E-state index contributed by atoms with van der Waals surface area (Å²) in [7, 11) is 1.20. The molecule has 0 radical (unpaired) electrons. The molecule has 0 aliphatic carbocycles. The molecule has 0 heterocycles. The third kappa shape index (κ3) is 1.51. The van der Waals surface area contributed by atoms with Gasteiger partial charge >= 0.3 is 5.97 Å². The topological polar surface area (TPSA) is 72.5 Å². The highest BCUT2D eigenvalue weighted by Crippen LogP contribution is 2.00. The molecule has 0 saturated heterocycles. The van der Waals surface area contributed by atoms with Gasteiger partial charge in [-0.25, -0.2) is 4.79 Å². The molecule has 0 saturated carbocycles. The van der Waals surface area contributed by atoms with Crippen molar-refractivity contribution in [3.8, 4) is 0 Å². The van der Waals surface area contributed by atoms with E-state index in [0.717, 1.165) is 6.08 Å². The molecule has 1 atom stereocenters. The van der Waals surface area contributed by atoms with Crippen molar-refractivity contribution in [2.45, 2.75) is 5.72 Å². The molecular formula is C5H9NO3. The lowest BCUT2D eigenvalue weighted by atomic mass is 10.2. The van der Waals surface area contributed by atoms with Crippen molar-refractivity contribution in [3.63, 3.8) is 0 Å². The van der Waals surface area contributed by atoms with Crippen molar-refractivity contribution in [2.75, 3.05) is 7.11 Å². The second-order valence-corrected chi connectivity index (χ2v) is 1.51. The first-order chi connectivity index (χ1) is 4.06. The molecule has 3 N–H and O–H groups in total. The largest absolute Gasteiger partial charge is 0.478 e. The van der Waals surface area contributed by atoms with Gasteiger partial charge in [0.1, 0.15) is 0 Å². The number of ether oxygens (including phenoxy) is 1. The van der Waals surface area contributed by atoms with Crippen LogP contribution in [-0.4, -0.2) is 23.9 Å². The Morgan fingerprint density at radius 1 is 2.00 bits per heavy atom. The second-order valence-electron chi connectivity index (χ2n) is 1.51. The molecule has 0 bridgehead atoms. The number of carbonyl (C=O) groups is 1. The number of hydrogen-bond donors (Lipinski definition) is 2. The Bertz CT molecular complexity index is 134. The zero-order chi connectivity index (χ0) is 7.49. The maximum Gasteiger partial charge on any atom is 0.355 e. The third-order valence-electron chi connectivity index (χ3n) is 0.975. The van der Waals surface area contributed by atoms with Gasteiger partial charge in [-0.3, -0.25) is 5.73 Å². The summed E-state index contributed by atoms with van der Waals surface area (Å²) in [6, 6.07) is 0. The maximum absolute atomic E-state index is 10.2. The fourth-order valence-corrected chi connectivity index (χ4v) is 0.258. The van der Waals surface area contributed by atoms with Gasteiger partial charge in [-0.2, -0.15) is 0 Å². The molecule has 0 aromatic heterocycles. The van der Waals surface area contributed by atoms with Crippen molar-refractivity contribution in [1.29, 1.82) is 0 Å². The first-order valence-electron chi connectivity index (χ1n) is 2.28. The van der Waals surface area contributed by atoms with Crippen molar-refractivity contribution < 1.29 is 14.6 Å². The lowest BCUT2D eigenvalue weighted by Gasteiger charge is -2.16. The number of carboxylic acids is 1. The highest BCUT2D eigenvalue weighted by atomic mass is 16.5. The molecule has 0 amide bonds. The number of methoxy groups -OCH3 is 1. The predicted molar refractivity (Wildman–Crippen MR) is 31.8 cm³/mol. The molecule has 0 rings (SSSR count). The molecule has 0 aliphatic rings. The highest BCUT2D eigenvalue weighted by Gasteiger charge is 2.29. The van der Waals surface area contributed by atoms with Gasteiger partial charge in [0.2, 0.25) is 5.72 Å². The molecule has 0 fully saturated rings. The highest BCUT2D eigenvalue weighted by molar-refractivity contribution is 5.78. The molecule has 1 unspecified atom stereocenters. The molecule has 0 aliphatic heterocycles. The van der Waals surface area contributed by atoms with E-state index in [4.69, 9.17) is 10.8 Å². The van der Waals surface area contributed by atoms with Gasteiger partial charge in [-0.1, -0.05) is 6.58 Å². The number of hydrogen-bond acceptors (Lipinski definition) is 3. The van der Waals surface area contributed by atoms with E-state index in [1.807, 2.05) is 0 Å². The number of carboxylic acid groups (broad SMARTS) is 1. The molecule has 4 heteroatoms. The summed E-state index contributed by atoms with van der Waals surface area (Å²) >= 11 is 0. The lowest BCUT2D eigenvalue weighted by Crippen LogP contribution is -2.47. The van der Waals surface area contributed by atoms with E-state index < -0.39 is 11.7 Å². The minimum absolute atomic E-state index is 1.02. The van der Waals surface area contributed by atoms with Crippen LogP contribution < -0.4 is 5.73 Å². The van der Waals surface area contributed by atoms with E-state index >= 15 is 0 Å². The van der Waals surface area contributed by atoms with Crippen LogP contribution in [0.25, 0.3) is 0 Å². The number of rotatable bonds is 3. The van der Waals surface area contributed by atoms with Crippen LogP contribution in [0.5, 0.6) is 0 Å². The Morgan fingerprint density at radius 2 is 2.44 bits per heavy atom. The number of aliphatic carboxylic acids is 1. The van der Waals surface area contributed by atoms with Crippen molar-refractivity contribution in [1.82, 2.24) is 0 Å². The summed E-state index contributed by atoms with van der Waals surface area (Å²) in [5.74, 6) is -1.25. The van der Waals surface area contributed by atoms with Crippen LogP contribution >= 0.6 is 0 Å². The Morgan fingerprint density at radius 3 is 2.44 bits per heavy atom. The maximum atomic E-state index is 10.2. The zero-order valence-electron chi connectivity index (χ0n) is 5.13. The lowest BCUT2D eigenvalue weighted by molar-refractivity contribution is -0.155. The van der Waals surface area contributed by atoms with Gasteiger partial charge in [0.15, 0.2) is 0 Å². The minimum atomic E-state index is -1.74. The van der Waals surface area contributed by atoms with Crippen LogP contribution in [0.15, 0.2) is 12.7 Å².